The summed E-state index contributed by atoms with van der Waals surface area (Å²) >= 11 is 1.71. The molecule has 0 saturated carbocycles. The normalized spacial score (nSPS) is 10.3. The Labute approximate surface area is 94.8 Å². The number of aromatic nitrogens is 2. The molecule has 1 aromatic rings. The zero-order chi connectivity index (χ0) is 11.1. The Morgan fingerprint density at radius 2 is 2.20 bits per heavy atom. The molecule has 0 aliphatic rings. The largest absolute Gasteiger partial charge is 0.377 e. The lowest BCUT2D eigenvalue weighted by Gasteiger charge is -2.07. The predicted molar refractivity (Wildman–Crippen MR) is 63.3 cm³/mol. The maximum absolute atomic E-state index is 5.03. The van der Waals surface area contributed by atoms with E-state index in [1.807, 2.05) is 13.0 Å². The third-order valence-electron chi connectivity index (χ3n) is 1.67. The van der Waals surface area contributed by atoms with E-state index in [4.69, 9.17) is 4.74 Å². The van der Waals surface area contributed by atoms with Crippen molar-refractivity contribution in [1.82, 2.24) is 9.97 Å². The molecule has 1 heterocycles. The summed E-state index contributed by atoms with van der Waals surface area (Å²) in [5.74, 6) is 2.61. The number of rotatable bonds is 6. The van der Waals surface area contributed by atoms with Gasteiger partial charge in [0.05, 0.1) is 0 Å². The van der Waals surface area contributed by atoms with Gasteiger partial charge in [0.15, 0.2) is 5.82 Å². The molecule has 0 fully saturated rings. The quantitative estimate of drug-likeness (QED) is 0.596. The lowest BCUT2D eigenvalue weighted by molar-refractivity contribution is 0.177. The molecule has 84 valence electrons. The van der Waals surface area contributed by atoms with Crippen LogP contribution in [0.15, 0.2) is 11.1 Å². The van der Waals surface area contributed by atoms with Gasteiger partial charge in [-0.25, -0.2) is 9.97 Å². The third kappa shape index (κ3) is 4.05. The zero-order valence-electron chi connectivity index (χ0n) is 9.41. The first-order valence-electron chi connectivity index (χ1n) is 5.03. The summed E-state index contributed by atoms with van der Waals surface area (Å²) in [6.45, 7) is 5.47. The minimum atomic E-state index is 0.455. The van der Waals surface area contributed by atoms with Crippen LogP contribution >= 0.6 is 11.8 Å². The number of thioether (sulfide) groups is 1. The van der Waals surface area contributed by atoms with Gasteiger partial charge in [-0.3, -0.25) is 0 Å². The smallest absolute Gasteiger partial charge is 0.157 e. The van der Waals surface area contributed by atoms with Crippen molar-refractivity contribution in [2.24, 2.45) is 0 Å². The average molecular weight is 227 g/mol. The predicted octanol–water partition coefficient (Wildman–Crippen LogP) is 2.17. The highest BCUT2D eigenvalue weighted by atomic mass is 32.2. The van der Waals surface area contributed by atoms with Crippen molar-refractivity contribution in [3.8, 4) is 0 Å². The van der Waals surface area contributed by atoms with Gasteiger partial charge in [-0.2, -0.15) is 0 Å². The Morgan fingerprint density at radius 3 is 2.80 bits per heavy atom. The van der Waals surface area contributed by atoms with Crippen LogP contribution < -0.4 is 5.32 Å². The monoisotopic (exact) mass is 227 g/mol. The van der Waals surface area contributed by atoms with Gasteiger partial charge >= 0.3 is 0 Å². The number of anilines is 1. The molecule has 0 bridgehead atoms. The summed E-state index contributed by atoms with van der Waals surface area (Å²) in [6.07, 6.45) is 0. The molecule has 1 N–H and O–H groups in total. The zero-order valence-corrected chi connectivity index (χ0v) is 10.2. The molecule has 0 unspecified atom stereocenters. The van der Waals surface area contributed by atoms with Crippen molar-refractivity contribution in [2.75, 3.05) is 24.7 Å². The van der Waals surface area contributed by atoms with Crippen LogP contribution in [0.3, 0.4) is 0 Å². The molecule has 0 atom stereocenters. The second kappa shape index (κ2) is 6.63. The molecular weight excluding hydrogens is 210 g/mol. The minimum Gasteiger partial charge on any atom is -0.377 e. The summed E-state index contributed by atoms with van der Waals surface area (Å²) < 4.78 is 5.03. The number of hydrogen-bond acceptors (Lipinski definition) is 5. The van der Waals surface area contributed by atoms with Gasteiger partial charge in [-0.1, -0.05) is 6.92 Å². The first-order valence-corrected chi connectivity index (χ1v) is 6.02. The molecule has 15 heavy (non-hydrogen) atoms. The van der Waals surface area contributed by atoms with E-state index < -0.39 is 0 Å². The Hall–Kier alpha value is -0.810. The molecule has 1 aromatic heterocycles. The highest BCUT2D eigenvalue weighted by Gasteiger charge is 2.03. The molecular formula is C10H17N3OS. The topological polar surface area (TPSA) is 47.0 Å². The molecule has 1 rings (SSSR count). The Balaban J connectivity index is 2.86. The van der Waals surface area contributed by atoms with E-state index in [9.17, 15) is 0 Å². The van der Waals surface area contributed by atoms with Crippen LogP contribution in [0.25, 0.3) is 0 Å². The average Bonchev–Trinajstić information content (AvgIpc) is 2.19. The first kappa shape index (κ1) is 12.3. The second-order valence-electron chi connectivity index (χ2n) is 2.90. The van der Waals surface area contributed by atoms with Crippen molar-refractivity contribution in [3.05, 3.63) is 11.9 Å². The Bertz CT molecular complexity index is 247. The van der Waals surface area contributed by atoms with E-state index in [0.717, 1.165) is 29.0 Å². The third-order valence-corrected chi connectivity index (χ3v) is 2.47. The summed E-state index contributed by atoms with van der Waals surface area (Å²) in [7, 11) is 1.65. The van der Waals surface area contributed by atoms with Crippen LogP contribution in [0.4, 0.5) is 5.82 Å². The van der Waals surface area contributed by atoms with Gasteiger partial charge in [0.1, 0.15) is 17.5 Å². The minimum absolute atomic E-state index is 0.455. The Kier molecular flexibility index (Phi) is 5.42. The van der Waals surface area contributed by atoms with Gasteiger partial charge in [0.25, 0.3) is 0 Å². The fraction of sp³-hybridized carbons (Fsp3) is 0.600. The summed E-state index contributed by atoms with van der Waals surface area (Å²) in [5.41, 5.74) is 0. The number of nitrogens with zero attached hydrogens (tertiary/aromatic N) is 2. The van der Waals surface area contributed by atoms with Gasteiger partial charge in [-0.05, 0) is 12.7 Å². The lowest BCUT2D eigenvalue weighted by Crippen LogP contribution is -2.05. The van der Waals surface area contributed by atoms with Gasteiger partial charge < -0.3 is 10.1 Å². The van der Waals surface area contributed by atoms with Crippen molar-refractivity contribution in [2.45, 2.75) is 25.5 Å². The van der Waals surface area contributed by atoms with Crippen LogP contribution in [0.2, 0.25) is 0 Å². The maximum Gasteiger partial charge on any atom is 0.157 e. The van der Waals surface area contributed by atoms with Crippen LogP contribution in [-0.4, -0.2) is 29.4 Å². The fourth-order valence-electron chi connectivity index (χ4n) is 1.16. The summed E-state index contributed by atoms with van der Waals surface area (Å²) in [5, 5.41) is 4.18. The molecule has 5 heteroatoms. The van der Waals surface area contributed by atoms with Crippen LogP contribution in [0.5, 0.6) is 0 Å². The van der Waals surface area contributed by atoms with Gasteiger partial charge in [-0.15, -0.1) is 11.8 Å². The molecule has 0 amide bonds. The fourth-order valence-corrected chi connectivity index (χ4v) is 1.82. The van der Waals surface area contributed by atoms with Crippen LogP contribution in [0, 0.1) is 0 Å². The van der Waals surface area contributed by atoms with Crippen molar-refractivity contribution in [3.63, 3.8) is 0 Å². The van der Waals surface area contributed by atoms with Gasteiger partial charge in [0, 0.05) is 19.7 Å². The van der Waals surface area contributed by atoms with Crippen LogP contribution in [-0.2, 0) is 11.3 Å². The maximum atomic E-state index is 5.03. The number of ether oxygens (including phenoxy) is 1. The number of hydrogen-bond donors (Lipinski definition) is 1. The highest BCUT2D eigenvalue weighted by molar-refractivity contribution is 7.99. The van der Waals surface area contributed by atoms with Crippen molar-refractivity contribution >= 4 is 17.6 Å². The Morgan fingerprint density at radius 1 is 1.40 bits per heavy atom. The summed E-state index contributed by atoms with van der Waals surface area (Å²) in [6, 6.07) is 1.97. The molecule has 0 radical (unpaired) electrons. The number of nitrogens with one attached hydrogen (secondary N) is 1. The highest BCUT2D eigenvalue weighted by Crippen LogP contribution is 2.18. The second-order valence-corrected chi connectivity index (χ2v) is 4.19. The van der Waals surface area contributed by atoms with E-state index in [2.05, 4.69) is 22.2 Å². The molecule has 0 spiro atoms. The van der Waals surface area contributed by atoms with Crippen molar-refractivity contribution < 1.29 is 4.74 Å². The van der Waals surface area contributed by atoms with E-state index in [0.29, 0.717) is 6.61 Å². The molecule has 0 aliphatic carbocycles. The lowest BCUT2D eigenvalue weighted by atomic mass is 10.5. The molecule has 0 aliphatic heterocycles. The van der Waals surface area contributed by atoms with Gasteiger partial charge in [0.2, 0.25) is 0 Å². The van der Waals surface area contributed by atoms with E-state index in [1.165, 1.54) is 0 Å². The standard InChI is InChI=1S/C10H17N3OS/c1-4-11-8-6-10(15-5-2)13-9(12-8)7-14-3/h6H,4-5,7H2,1-3H3,(H,11,12,13). The SMILES string of the molecule is CCNc1cc(SCC)nc(COC)n1. The molecule has 0 aromatic carbocycles. The van der Waals surface area contributed by atoms with Crippen LogP contribution in [0.1, 0.15) is 19.7 Å². The number of methoxy groups -OCH3 is 1. The van der Waals surface area contributed by atoms with E-state index in [-0.39, 0.29) is 0 Å². The van der Waals surface area contributed by atoms with Crippen molar-refractivity contribution in [1.29, 1.82) is 0 Å². The summed E-state index contributed by atoms with van der Waals surface area (Å²) in [4.78, 5) is 8.72. The molecule has 4 nitrogen and oxygen atoms in total. The van der Waals surface area contributed by atoms with E-state index in [1.54, 1.807) is 18.9 Å². The first-order chi connectivity index (χ1) is 7.30. The van der Waals surface area contributed by atoms with E-state index >= 15 is 0 Å². The molecule has 0 saturated heterocycles.